The van der Waals surface area contributed by atoms with Crippen molar-refractivity contribution in [1.82, 2.24) is 10.2 Å². The Morgan fingerprint density at radius 3 is 1.94 bits per heavy atom. The minimum atomic E-state index is -1.06. The van der Waals surface area contributed by atoms with Crippen LogP contribution in [0.15, 0.2) is 0 Å². The molecule has 0 fully saturated rings. The molecule has 0 aromatic rings. The van der Waals surface area contributed by atoms with Gasteiger partial charge in [-0.25, -0.2) is 0 Å². The van der Waals surface area contributed by atoms with Gasteiger partial charge in [-0.05, 0) is 13.8 Å². The van der Waals surface area contributed by atoms with Gasteiger partial charge in [-0.15, -0.1) is 0 Å². The van der Waals surface area contributed by atoms with E-state index in [1.165, 1.54) is 18.7 Å². The van der Waals surface area contributed by atoms with Crippen LogP contribution in [0.25, 0.3) is 0 Å². The molecule has 100 valence electrons. The second kappa shape index (κ2) is 7.99. The lowest BCUT2D eigenvalue weighted by Crippen LogP contribution is -2.50. The number of carboxylic acid groups (broad SMARTS) is 2. The molecule has 7 nitrogen and oxygen atoms in total. The Bertz CT molecular complexity index is 239. The Balaban J connectivity index is 4.40. The third-order valence-corrected chi connectivity index (χ3v) is 2.55. The van der Waals surface area contributed by atoms with Gasteiger partial charge in [0.25, 0.3) is 0 Å². The van der Waals surface area contributed by atoms with E-state index in [1.807, 2.05) is 0 Å². The van der Waals surface area contributed by atoms with E-state index in [0.717, 1.165) is 0 Å². The number of aliphatic hydroxyl groups excluding tert-OH is 1. The number of hydrogen-bond donors (Lipinski definition) is 4. The third-order valence-electron chi connectivity index (χ3n) is 2.55. The fourth-order valence-electron chi connectivity index (χ4n) is 1.42. The summed E-state index contributed by atoms with van der Waals surface area (Å²) in [6.07, 6.45) is 0. The number of aliphatic carboxylic acids is 2. The molecular weight excluding hydrogens is 228 g/mol. The molecule has 0 radical (unpaired) electrons. The summed E-state index contributed by atoms with van der Waals surface area (Å²) in [5.41, 5.74) is 0. The van der Waals surface area contributed by atoms with Crippen LogP contribution in [0.2, 0.25) is 0 Å². The maximum Gasteiger partial charge on any atom is 0.320 e. The standard InChI is InChI=1S/C10H20N2O5/c1-7(9(14)15)12(8(2)10(16)17)5-3-11-4-6-13/h7-8,11,13H,3-6H2,1-2H3,(H,14,15)(H,16,17). The van der Waals surface area contributed by atoms with Crippen LogP contribution < -0.4 is 5.32 Å². The predicted octanol–water partition coefficient (Wildman–Crippen LogP) is -1.18. The van der Waals surface area contributed by atoms with Crippen LogP contribution in [-0.4, -0.2) is 70.5 Å². The zero-order valence-corrected chi connectivity index (χ0v) is 10.1. The van der Waals surface area contributed by atoms with E-state index in [-0.39, 0.29) is 6.61 Å². The molecule has 0 aliphatic rings. The second-order valence-corrected chi connectivity index (χ2v) is 3.74. The van der Waals surface area contributed by atoms with Crippen LogP contribution in [0.1, 0.15) is 13.8 Å². The molecule has 0 saturated carbocycles. The highest BCUT2D eigenvalue weighted by atomic mass is 16.4. The van der Waals surface area contributed by atoms with Crippen molar-refractivity contribution >= 4 is 11.9 Å². The van der Waals surface area contributed by atoms with E-state index in [9.17, 15) is 9.59 Å². The SMILES string of the molecule is CC(C(=O)O)N(CCNCCO)C(C)C(=O)O. The second-order valence-electron chi connectivity index (χ2n) is 3.74. The number of nitrogens with zero attached hydrogens (tertiary/aromatic N) is 1. The fraction of sp³-hybridized carbons (Fsp3) is 0.800. The molecule has 0 spiro atoms. The Morgan fingerprint density at radius 2 is 1.59 bits per heavy atom. The van der Waals surface area contributed by atoms with E-state index in [2.05, 4.69) is 5.32 Å². The van der Waals surface area contributed by atoms with E-state index in [0.29, 0.717) is 19.6 Å². The van der Waals surface area contributed by atoms with Crippen molar-refractivity contribution in [2.45, 2.75) is 25.9 Å². The molecule has 0 saturated heterocycles. The van der Waals surface area contributed by atoms with Crippen LogP contribution >= 0.6 is 0 Å². The van der Waals surface area contributed by atoms with Crippen LogP contribution in [0, 0.1) is 0 Å². The Labute approximate surface area is 100 Å². The zero-order valence-electron chi connectivity index (χ0n) is 10.1. The number of aliphatic hydroxyl groups is 1. The molecule has 0 aliphatic heterocycles. The van der Waals surface area contributed by atoms with Gasteiger partial charge in [0.15, 0.2) is 0 Å². The normalized spacial score (nSPS) is 14.6. The first kappa shape index (κ1) is 15.8. The molecule has 0 aromatic heterocycles. The average Bonchev–Trinajstić information content (AvgIpc) is 2.27. The van der Waals surface area contributed by atoms with Crippen molar-refractivity contribution in [2.24, 2.45) is 0 Å². The van der Waals surface area contributed by atoms with Crippen molar-refractivity contribution < 1.29 is 24.9 Å². The van der Waals surface area contributed by atoms with Crippen LogP contribution in [0.3, 0.4) is 0 Å². The first-order valence-electron chi connectivity index (χ1n) is 5.44. The van der Waals surface area contributed by atoms with Gasteiger partial charge in [-0.3, -0.25) is 14.5 Å². The molecular formula is C10H20N2O5. The number of rotatable bonds is 9. The average molecular weight is 248 g/mol. The minimum absolute atomic E-state index is 0.0109. The highest BCUT2D eigenvalue weighted by Crippen LogP contribution is 2.05. The maximum absolute atomic E-state index is 10.9. The van der Waals surface area contributed by atoms with Crippen molar-refractivity contribution in [3.63, 3.8) is 0 Å². The van der Waals surface area contributed by atoms with Gasteiger partial charge in [0.2, 0.25) is 0 Å². The molecule has 2 unspecified atom stereocenters. The summed E-state index contributed by atoms with van der Waals surface area (Å²) >= 11 is 0. The van der Waals surface area contributed by atoms with Crippen molar-refractivity contribution in [1.29, 1.82) is 0 Å². The summed E-state index contributed by atoms with van der Waals surface area (Å²) in [7, 11) is 0. The summed E-state index contributed by atoms with van der Waals surface area (Å²) < 4.78 is 0. The highest BCUT2D eigenvalue weighted by molar-refractivity contribution is 5.76. The Morgan fingerprint density at radius 1 is 1.12 bits per heavy atom. The van der Waals surface area contributed by atoms with Gasteiger partial charge in [0.1, 0.15) is 12.1 Å². The van der Waals surface area contributed by atoms with Gasteiger partial charge in [-0.1, -0.05) is 0 Å². The molecule has 17 heavy (non-hydrogen) atoms. The predicted molar refractivity (Wildman–Crippen MR) is 60.9 cm³/mol. The van der Waals surface area contributed by atoms with Gasteiger partial charge < -0.3 is 20.6 Å². The lowest BCUT2D eigenvalue weighted by atomic mass is 10.2. The molecule has 0 amide bonds. The Hall–Kier alpha value is -1.18. The molecule has 0 heterocycles. The summed E-state index contributed by atoms with van der Waals surface area (Å²) in [5, 5.41) is 29.2. The molecule has 4 N–H and O–H groups in total. The minimum Gasteiger partial charge on any atom is -0.480 e. The molecule has 0 bridgehead atoms. The number of carbonyl (C=O) groups is 2. The summed E-state index contributed by atoms with van der Waals surface area (Å²) in [4.78, 5) is 23.1. The van der Waals surface area contributed by atoms with Crippen LogP contribution in [-0.2, 0) is 9.59 Å². The molecule has 7 heteroatoms. The van der Waals surface area contributed by atoms with Gasteiger partial charge in [-0.2, -0.15) is 0 Å². The topological polar surface area (TPSA) is 110 Å². The zero-order chi connectivity index (χ0) is 13.4. The number of carboxylic acids is 2. The van der Waals surface area contributed by atoms with Crippen LogP contribution in [0.5, 0.6) is 0 Å². The first-order chi connectivity index (χ1) is 7.91. The van der Waals surface area contributed by atoms with Crippen molar-refractivity contribution in [3.8, 4) is 0 Å². The summed E-state index contributed by atoms with van der Waals surface area (Å²) in [5.74, 6) is -2.11. The van der Waals surface area contributed by atoms with Gasteiger partial charge in [0, 0.05) is 19.6 Å². The van der Waals surface area contributed by atoms with E-state index < -0.39 is 24.0 Å². The van der Waals surface area contributed by atoms with Crippen molar-refractivity contribution in [3.05, 3.63) is 0 Å². The number of nitrogens with one attached hydrogen (secondary N) is 1. The maximum atomic E-state index is 10.9. The van der Waals surface area contributed by atoms with Gasteiger partial charge >= 0.3 is 11.9 Å². The largest absolute Gasteiger partial charge is 0.480 e. The lowest BCUT2D eigenvalue weighted by Gasteiger charge is -2.29. The summed E-state index contributed by atoms with van der Waals surface area (Å²) in [6.45, 7) is 4.01. The molecule has 2 atom stereocenters. The number of hydrogen-bond acceptors (Lipinski definition) is 5. The molecule has 0 aliphatic carbocycles. The highest BCUT2D eigenvalue weighted by Gasteiger charge is 2.28. The van der Waals surface area contributed by atoms with Crippen molar-refractivity contribution in [2.75, 3.05) is 26.2 Å². The smallest absolute Gasteiger partial charge is 0.320 e. The van der Waals surface area contributed by atoms with E-state index >= 15 is 0 Å². The van der Waals surface area contributed by atoms with E-state index in [4.69, 9.17) is 15.3 Å². The molecule has 0 rings (SSSR count). The third kappa shape index (κ3) is 5.62. The summed E-state index contributed by atoms with van der Waals surface area (Å²) in [6, 6.07) is -1.73. The van der Waals surface area contributed by atoms with Crippen LogP contribution in [0.4, 0.5) is 0 Å². The monoisotopic (exact) mass is 248 g/mol. The first-order valence-corrected chi connectivity index (χ1v) is 5.44. The molecule has 0 aromatic carbocycles. The quantitative estimate of drug-likeness (QED) is 0.380. The fourth-order valence-corrected chi connectivity index (χ4v) is 1.42. The van der Waals surface area contributed by atoms with Gasteiger partial charge in [0.05, 0.1) is 6.61 Å². The lowest BCUT2D eigenvalue weighted by molar-refractivity contribution is -0.149. The Kier molecular flexibility index (Phi) is 7.44. The van der Waals surface area contributed by atoms with E-state index in [1.54, 1.807) is 0 Å².